The van der Waals surface area contributed by atoms with Crippen LogP contribution in [0.25, 0.3) is 0 Å². The standard InChI is InChI=1S/C11H19NO2/c1-3-5-6-10(13)11-9-12(4-2)7-8-14-11/h1,10-11,13H,4-9H2,2H3. The first-order valence-corrected chi connectivity index (χ1v) is 5.23. The second-order valence-electron chi connectivity index (χ2n) is 3.61. The van der Waals surface area contributed by atoms with Crippen molar-refractivity contribution < 1.29 is 9.84 Å². The molecule has 2 atom stereocenters. The van der Waals surface area contributed by atoms with Gasteiger partial charge in [-0.3, -0.25) is 4.90 Å². The molecule has 80 valence electrons. The predicted octanol–water partition coefficient (Wildman–Crippen LogP) is 0.481. The number of hydrogen-bond donors (Lipinski definition) is 1. The van der Waals surface area contributed by atoms with Gasteiger partial charge in [0.2, 0.25) is 0 Å². The monoisotopic (exact) mass is 197 g/mol. The van der Waals surface area contributed by atoms with Crippen LogP contribution in [0.4, 0.5) is 0 Å². The van der Waals surface area contributed by atoms with Crippen LogP contribution in [0.3, 0.4) is 0 Å². The number of terminal acetylenes is 1. The summed E-state index contributed by atoms with van der Waals surface area (Å²) in [6.45, 7) is 5.64. The predicted molar refractivity (Wildman–Crippen MR) is 55.9 cm³/mol. The van der Waals surface area contributed by atoms with Crippen molar-refractivity contribution >= 4 is 0 Å². The number of aliphatic hydroxyl groups excluding tert-OH is 1. The molecule has 1 aliphatic rings. The van der Waals surface area contributed by atoms with Crippen molar-refractivity contribution in [1.82, 2.24) is 4.90 Å². The minimum absolute atomic E-state index is 0.0583. The molecule has 0 aromatic carbocycles. The molecule has 0 aromatic rings. The highest BCUT2D eigenvalue weighted by Gasteiger charge is 2.25. The topological polar surface area (TPSA) is 32.7 Å². The lowest BCUT2D eigenvalue weighted by Crippen LogP contribution is -2.47. The Morgan fingerprint density at radius 3 is 3.14 bits per heavy atom. The van der Waals surface area contributed by atoms with E-state index in [9.17, 15) is 5.11 Å². The van der Waals surface area contributed by atoms with E-state index in [1.54, 1.807) is 0 Å². The third-order valence-electron chi connectivity index (χ3n) is 2.64. The molecular formula is C11H19NO2. The summed E-state index contributed by atoms with van der Waals surface area (Å²) in [6.07, 6.45) is 5.93. The molecule has 0 saturated carbocycles. The van der Waals surface area contributed by atoms with E-state index in [4.69, 9.17) is 11.2 Å². The molecule has 0 bridgehead atoms. The molecular weight excluding hydrogens is 178 g/mol. The average Bonchev–Trinajstić information content (AvgIpc) is 2.26. The summed E-state index contributed by atoms with van der Waals surface area (Å²) in [5.74, 6) is 2.53. The molecule has 1 aliphatic heterocycles. The molecule has 14 heavy (non-hydrogen) atoms. The minimum atomic E-state index is -0.416. The molecule has 1 saturated heterocycles. The zero-order valence-electron chi connectivity index (χ0n) is 8.78. The highest BCUT2D eigenvalue weighted by atomic mass is 16.5. The Morgan fingerprint density at radius 2 is 2.50 bits per heavy atom. The van der Waals surface area contributed by atoms with Gasteiger partial charge < -0.3 is 9.84 Å². The lowest BCUT2D eigenvalue weighted by atomic mass is 10.1. The van der Waals surface area contributed by atoms with Gasteiger partial charge in [-0.25, -0.2) is 0 Å². The number of morpholine rings is 1. The molecule has 1 rings (SSSR count). The van der Waals surface area contributed by atoms with Gasteiger partial charge >= 0.3 is 0 Å². The fourth-order valence-corrected chi connectivity index (χ4v) is 1.67. The summed E-state index contributed by atoms with van der Waals surface area (Å²) >= 11 is 0. The molecule has 1 N–H and O–H groups in total. The fourth-order valence-electron chi connectivity index (χ4n) is 1.67. The average molecular weight is 197 g/mol. The maximum absolute atomic E-state index is 9.77. The van der Waals surface area contributed by atoms with Crippen LogP contribution in [-0.4, -0.2) is 48.5 Å². The maximum atomic E-state index is 9.77. The van der Waals surface area contributed by atoms with Crippen molar-refractivity contribution in [3.8, 4) is 12.3 Å². The molecule has 0 radical (unpaired) electrons. The van der Waals surface area contributed by atoms with E-state index in [-0.39, 0.29) is 6.10 Å². The molecule has 2 unspecified atom stereocenters. The Morgan fingerprint density at radius 1 is 1.71 bits per heavy atom. The molecule has 0 amide bonds. The van der Waals surface area contributed by atoms with Crippen molar-refractivity contribution in [2.75, 3.05) is 26.2 Å². The summed E-state index contributed by atoms with van der Waals surface area (Å²) in [4.78, 5) is 2.28. The van der Waals surface area contributed by atoms with E-state index < -0.39 is 6.10 Å². The smallest absolute Gasteiger partial charge is 0.0961 e. The first kappa shape index (κ1) is 11.5. The van der Waals surface area contributed by atoms with Crippen LogP contribution >= 0.6 is 0 Å². The summed E-state index contributed by atoms with van der Waals surface area (Å²) in [5, 5.41) is 9.77. The SMILES string of the molecule is C#CCCC(O)C1CN(CC)CCO1. The van der Waals surface area contributed by atoms with Crippen LogP contribution in [0.2, 0.25) is 0 Å². The number of ether oxygens (including phenoxy) is 1. The molecule has 0 aromatic heterocycles. The quantitative estimate of drug-likeness (QED) is 0.665. The molecule has 0 aliphatic carbocycles. The number of likely N-dealkylation sites (N-methyl/N-ethyl adjacent to an activating group) is 1. The molecule has 3 nitrogen and oxygen atoms in total. The minimum Gasteiger partial charge on any atom is -0.390 e. The van der Waals surface area contributed by atoms with Gasteiger partial charge in [0.15, 0.2) is 0 Å². The van der Waals surface area contributed by atoms with Crippen LogP contribution in [0.5, 0.6) is 0 Å². The lowest BCUT2D eigenvalue weighted by Gasteiger charge is -2.34. The van der Waals surface area contributed by atoms with Gasteiger partial charge in [0.05, 0.1) is 18.8 Å². The van der Waals surface area contributed by atoms with Crippen LogP contribution in [0, 0.1) is 12.3 Å². The van der Waals surface area contributed by atoms with Crippen molar-refractivity contribution in [2.45, 2.75) is 32.0 Å². The molecule has 1 heterocycles. The zero-order chi connectivity index (χ0) is 10.4. The van der Waals surface area contributed by atoms with Gasteiger partial charge in [0.25, 0.3) is 0 Å². The molecule has 3 heteroatoms. The van der Waals surface area contributed by atoms with E-state index >= 15 is 0 Å². The first-order valence-electron chi connectivity index (χ1n) is 5.23. The van der Waals surface area contributed by atoms with E-state index in [0.717, 1.165) is 19.6 Å². The Labute approximate surface area is 86.0 Å². The maximum Gasteiger partial charge on any atom is 0.0961 e. The van der Waals surface area contributed by atoms with Crippen molar-refractivity contribution in [3.05, 3.63) is 0 Å². The second-order valence-corrected chi connectivity index (χ2v) is 3.61. The Bertz CT molecular complexity index is 200. The van der Waals surface area contributed by atoms with E-state index in [0.29, 0.717) is 19.4 Å². The van der Waals surface area contributed by atoms with E-state index in [1.807, 2.05) is 0 Å². The number of aliphatic hydroxyl groups is 1. The number of rotatable bonds is 4. The Balaban J connectivity index is 2.32. The van der Waals surface area contributed by atoms with Gasteiger partial charge in [-0.2, -0.15) is 0 Å². The zero-order valence-corrected chi connectivity index (χ0v) is 8.78. The Kier molecular flexibility index (Phi) is 4.95. The number of hydrogen-bond acceptors (Lipinski definition) is 3. The Hall–Kier alpha value is -0.560. The second kappa shape index (κ2) is 6.02. The van der Waals surface area contributed by atoms with Crippen molar-refractivity contribution in [1.29, 1.82) is 0 Å². The molecule has 1 fully saturated rings. The van der Waals surface area contributed by atoms with Crippen molar-refractivity contribution in [2.24, 2.45) is 0 Å². The highest BCUT2D eigenvalue weighted by Crippen LogP contribution is 2.12. The largest absolute Gasteiger partial charge is 0.390 e. The van der Waals surface area contributed by atoms with Crippen LogP contribution in [-0.2, 0) is 4.74 Å². The van der Waals surface area contributed by atoms with Gasteiger partial charge in [0, 0.05) is 19.5 Å². The van der Waals surface area contributed by atoms with Gasteiger partial charge in [-0.05, 0) is 13.0 Å². The first-order chi connectivity index (χ1) is 6.77. The van der Waals surface area contributed by atoms with Gasteiger partial charge in [0.1, 0.15) is 0 Å². The van der Waals surface area contributed by atoms with Gasteiger partial charge in [-0.15, -0.1) is 12.3 Å². The van der Waals surface area contributed by atoms with Crippen LogP contribution < -0.4 is 0 Å². The molecule has 0 spiro atoms. The normalized spacial score (nSPS) is 25.6. The summed E-state index contributed by atoms with van der Waals surface area (Å²) in [5.41, 5.74) is 0. The fraction of sp³-hybridized carbons (Fsp3) is 0.818. The summed E-state index contributed by atoms with van der Waals surface area (Å²) in [6, 6.07) is 0. The summed E-state index contributed by atoms with van der Waals surface area (Å²) in [7, 11) is 0. The van der Waals surface area contributed by atoms with Crippen LogP contribution in [0.1, 0.15) is 19.8 Å². The van der Waals surface area contributed by atoms with Gasteiger partial charge in [-0.1, -0.05) is 6.92 Å². The highest BCUT2D eigenvalue weighted by molar-refractivity contribution is 4.86. The van der Waals surface area contributed by atoms with Crippen molar-refractivity contribution in [3.63, 3.8) is 0 Å². The summed E-state index contributed by atoms with van der Waals surface area (Å²) < 4.78 is 5.51. The lowest BCUT2D eigenvalue weighted by molar-refractivity contribution is -0.0887. The third-order valence-corrected chi connectivity index (χ3v) is 2.64. The third kappa shape index (κ3) is 3.30. The van der Waals surface area contributed by atoms with E-state index in [1.165, 1.54) is 0 Å². The number of nitrogens with zero attached hydrogens (tertiary/aromatic N) is 1. The van der Waals surface area contributed by atoms with E-state index in [2.05, 4.69) is 17.7 Å². The van der Waals surface area contributed by atoms with Crippen LogP contribution in [0.15, 0.2) is 0 Å².